The summed E-state index contributed by atoms with van der Waals surface area (Å²) in [5, 5.41) is 23.7. The minimum absolute atomic E-state index is 0.000768. The van der Waals surface area contributed by atoms with Crippen LogP contribution >= 0.6 is 0 Å². The first-order chi connectivity index (χ1) is 31.5. The van der Waals surface area contributed by atoms with Crippen LogP contribution in [0.1, 0.15) is 194 Å². The van der Waals surface area contributed by atoms with Gasteiger partial charge in [-0.25, -0.2) is 0 Å². The molecule has 64 heavy (non-hydrogen) atoms. The zero-order valence-corrected chi connectivity index (χ0v) is 40.9. The van der Waals surface area contributed by atoms with Gasteiger partial charge in [0.05, 0.1) is 25.2 Å². The first kappa shape index (κ1) is 60.0. The Kier molecular flexibility index (Phi) is 46.9. The molecule has 0 rings (SSSR count). The Morgan fingerprint density at radius 1 is 0.469 bits per heavy atom. The molecule has 360 valence electrons. The van der Waals surface area contributed by atoms with E-state index in [-0.39, 0.29) is 24.9 Å². The number of ether oxygens (including phenoxy) is 1. The topological polar surface area (TPSA) is 95.9 Å². The number of aliphatic hydroxyl groups is 2. The maximum atomic E-state index is 13.2. The first-order valence-corrected chi connectivity index (χ1v) is 25.6. The van der Waals surface area contributed by atoms with E-state index in [1.807, 2.05) is 109 Å². The lowest BCUT2D eigenvalue weighted by Crippen LogP contribution is -2.46. The molecule has 0 saturated heterocycles. The Morgan fingerprint density at radius 2 is 0.859 bits per heavy atom. The first-order valence-electron chi connectivity index (χ1n) is 25.6. The summed E-state index contributed by atoms with van der Waals surface area (Å²) in [6, 6.07) is -0.744. The van der Waals surface area contributed by atoms with Gasteiger partial charge in [-0.05, 0) is 57.8 Å². The van der Waals surface area contributed by atoms with Gasteiger partial charge in [0.1, 0.15) is 6.10 Å². The van der Waals surface area contributed by atoms with E-state index in [1.165, 1.54) is 77.0 Å². The van der Waals surface area contributed by atoms with Gasteiger partial charge < -0.3 is 20.3 Å². The summed E-state index contributed by atoms with van der Waals surface area (Å²) in [4.78, 5) is 26.1. The third-order valence-electron chi connectivity index (χ3n) is 10.8. The fraction of sp³-hybridized carbons (Fsp3) is 0.586. The molecule has 0 spiro atoms. The number of esters is 1. The average molecular weight is 884 g/mol. The third-order valence-corrected chi connectivity index (χ3v) is 10.8. The van der Waals surface area contributed by atoms with Crippen molar-refractivity contribution in [1.82, 2.24) is 5.32 Å². The number of hydrogen-bond acceptors (Lipinski definition) is 5. The summed E-state index contributed by atoms with van der Waals surface area (Å²) in [6.07, 6.45) is 70.8. The van der Waals surface area contributed by atoms with E-state index < -0.39 is 18.2 Å². The van der Waals surface area contributed by atoms with E-state index in [0.29, 0.717) is 19.3 Å². The Bertz CT molecular complexity index is 1410. The fourth-order valence-electron chi connectivity index (χ4n) is 6.96. The van der Waals surface area contributed by atoms with Gasteiger partial charge >= 0.3 is 5.97 Å². The van der Waals surface area contributed by atoms with Crippen LogP contribution in [0.5, 0.6) is 0 Å². The molecule has 3 unspecified atom stereocenters. The lowest BCUT2D eigenvalue weighted by atomic mass is 10.0. The molecule has 0 bridgehead atoms. The zero-order chi connectivity index (χ0) is 46.7. The molecule has 0 fully saturated rings. The highest BCUT2D eigenvalue weighted by atomic mass is 16.5. The number of hydrogen-bond donors (Lipinski definition) is 3. The molecule has 0 aromatic carbocycles. The molecule has 0 radical (unpaired) electrons. The van der Waals surface area contributed by atoms with Crippen LogP contribution in [0.4, 0.5) is 0 Å². The van der Waals surface area contributed by atoms with Crippen molar-refractivity contribution >= 4 is 11.9 Å². The van der Waals surface area contributed by atoms with Gasteiger partial charge in [-0.3, -0.25) is 9.59 Å². The van der Waals surface area contributed by atoms with E-state index >= 15 is 0 Å². The predicted molar refractivity (Wildman–Crippen MR) is 277 cm³/mol. The summed E-state index contributed by atoms with van der Waals surface area (Å²) >= 11 is 0. The van der Waals surface area contributed by atoms with E-state index in [0.717, 1.165) is 70.6 Å². The Hall–Kier alpha value is -4.00. The van der Waals surface area contributed by atoms with Crippen molar-refractivity contribution in [1.29, 1.82) is 0 Å². The second kappa shape index (κ2) is 50.0. The number of nitrogens with one attached hydrogen (secondary N) is 1. The number of allylic oxidation sites excluding steroid dienone is 22. The van der Waals surface area contributed by atoms with E-state index in [4.69, 9.17) is 4.74 Å². The molecular formula is C58H93NO5. The van der Waals surface area contributed by atoms with Gasteiger partial charge in [0.2, 0.25) is 5.91 Å². The van der Waals surface area contributed by atoms with Crippen molar-refractivity contribution in [3.8, 4) is 0 Å². The van der Waals surface area contributed by atoms with Gasteiger partial charge in [0.15, 0.2) is 0 Å². The molecule has 3 atom stereocenters. The highest BCUT2D eigenvalue weighted by Gasteiger charge is 2.24. The maximum absolute atomic E-state index is 13.2. The van der Waals surface area contributed by atoms with Crippen LogP contribution in [0.2, 0.25) is 0 Å². The van der Waals surface area contributed by atoms with Gasteiger partial charge in [0, 0.05) is 6.42 Å². The summed E-state index contributed by atoms with van der Waals surface area (Å²) in [5.41, 5.74) is 0. The van der Waals surface area contributed by atoms with Crippen LogP contribution in [0, 0.1) is 0 Å². The van der Waals surface area contributed by atoms with Crippen molar-refractivity contribution in [2.24, 2.45) is 0 Å². The van der Waals surface area contributed by atoms with Gasteiger partial charge in [0.25, 0.3) is 0 Å². The minimum atomic E-state index is -0.824. The molecule has 6 nitrogen and oxygen atoms in total. The number of rotatable bonds is 43. The minimum Gasteiger partial charge on any atom is -0.462 e. The summed E-state index contributed by atoms with van der Waals surface area (Å²) in [7, 11) is 0. The van der Waals surface area contributed by atoms with Gasteiger partial charge in [-0.1, -0.05) is 257 Å². The summed E-state index contributed by atoms with van der Waals surface area (Å²) < 4.78 is 5.87. The molecule has 3 N–H and O–H groups in total. The lowest BCUT2D eigenvalue weighted by molar-refractivity contribution is -0.151. The lowest BCUT2D eigenvalue weighted by Gasteiger charge is -2.24. The van der Waals surface area contributed by atoms with E-state index in [1.54, 1.807) is 0 Å². The predicted octanol–water partition coefficient (Wildman–Crippen LogP) is 15.4. The number of unbranched alkanes of at least 4 members (excludes halogenated alkanes) is 18. The molecule has 0 aliphatic carbocycles. The second-order valence-corrected chi connectivity index (χ2v) is 16.7. The van der Waals surface area contributed by atoms with Crippen molar-refractivity contribution in [2.75, 3.05) is 6.61 Å². The zero-order valence-electron chi connectivity index (χ0n) is 40.9. The molecule has 0 heterocycles. The van der Waals surface area contributed by atoms with Crippen LogP contribution in [-0.4, -0.2) is 46.9 Å². The Balaban J connectivity index is 4.78. The van der Waals surface area contributed by atoms with Crippen molar-refractivity contribution in [3.63, 3.8) is 0 Å². The van der Waals surface area contributed by atoms with Gasteiger partial charge in [-0.15, -0.1) is 0 Å². The van der Waals surface area contributed by atoms with Crippen LogP contribution < -0.4 is 5.32 Å². The Labute approximate surface area is 393 Å². The van der Waals surface area contributed by atoms with E-state index in [9.17, 15) is 19.8 Å². The molecule has 0 aliphatic heterocycles. The van der Waals surface area contributed by atoms with Crippen LogP contribution in [0.3, 0.4) is 0 Å². The standard InChI is InChI=1S/C58H93NO5/c1-4-7-10-13-16-19-22-25-27-28-30-33-36-39-42-45-48-51-58(63)64-54(49-46-43-40-37-34-31-24-21-18-15-12-9-6-3)52-57(62)59-55(53-60)56(61)50-47-44-41-38-35-32-29-26-23-20-17-14-11-8-5-2/h7,9-10,12-13,15-16,18-19,21-22,24-25,27-28,30-31,33-34,36-37,40,54-56,60-61H,4-6,8,11,14,17,20,23,26,29,32,35,38-39,41-53H2,1-3H3,(H,59,62)/b10-7-,12-9+,16-13+,18-15+,22-19+,24-21-,27-25-,30-28+,34-31-,36-33+,40-37+. The average Bonchev–Trinajstić information content (AvgIpc) is 3.29. The number of aliphatic hydroxyl groups excluding tert-OH is 2. The summed E-state index contributed by atoms with van der Waals surface area (Å²) in [6.45, 7) is 6.15. The normalized spacial score (nSPS) is 14.4. The maximum Gasteiger partial charge on any atom is 0.306 e. The van der Waals surface area contributed by atoms with Crippen molar-refractivity contribution in [2.45, 2.75) is 212 Å². The highest BCUT2D eigenvalue weighted by molar-refractivity contribution is 5.77. The smallest absolute Gasteiger partial charge is 0.306 e. The van der Waals surface area contributed by atoms with Crippen LogP contribution in [-0.2, 0) is 14.3 Å². The van der Waals surface area contributed by atoms with E-state index in [2.05, 4.69) is 50.4 Å². The largest absolute Gasteiger partial charge is 0.462 e. The van der Waals surface area contributed by atoms with Crippen LogP contribution in [0.25, 0.3) is 0 Å². The molecular weight excluding hydrogens is 791 g/mol. The Morgan fingerprint density at radius 3 is 1.30 bits per heavy atom. The molecule has 1 amide bonds. The van der Waals surface area contributed by atoms with Gasteiger partial charge in [-0.2, -0.15) is 0 Å². The molecule has 6 heteroatoms. The van der Waals surface area contributed by atoms with Crippen molar-refractivity contribution in [3.05, 3.63) is 134 Å². The molecule has 0 aromatic heterocycles. The number of carbonyl (C=O) groups excluding carboxylic acids is 2. The number of amides is 1. The second-order valence-electron chi connectivity index (χ2n) is 16.7. The quantitative estimate of drug-likeness (QED) is 0.0322. The van der Waals surface area contributed by atoms with Crippen molar-refractivity contribution < 1.29 is 24.5 Å². The van der Waals surface area contributed by atoms with Crippen LogP contribution in [0.15, 0.2) is 134 Å². The monoisotopic (exact) mass is 884 g/mol. The number of carbonyl (C=O) groups is 2. The fourth-order valence-corrected chi connectivity index (χ4v) is 6.96. The molecule has 0 saturated carbocycles. The molecule has 0 aliphatic rings. The summed E-state index contributed by atoms with van der Waals surface area (Å²) in [5.74, 6) is -0.612. The molecule has 0 aromatic rings. The highest BCUT2D eigenvalue weighted by Crippen LogP contribution is 2.16. The third kappa shape index (κ3) is 44.6. The SMILES string of the molecule is CC\C=C/C=C/C=C/C=C\C=C\C=C\CCCCCC(=O)OC(CCC/C=C/C=C\C=C/C=C/C=C/CC)CC(=O)NC(CO)C(O)CCCCCCCCCCCCCCCCC.